The molecule has 96 valence electrons. The van der Waals surface area contributed by atoms with Gasteiger partial charge in [0.2, 0.25) is 0 Å². The Labute approximate surface area is 122 Å². The first-order valence-corrected chi connectivity index (χ1v) is 7.38. The topological polar surface area (TPSA) is 4.93 Å². The minimum absolute atomic E-state index is 0.919. The fourth-order valence-corrected chi connectivity index (χ4v) is 2.66. The molecule has 0 radical (unpaired) electrons. The number of rotatable bonds is 3. The summed E-state index contributed by atoms with van der Waals surface area (Å²) in [5.74, 6) is 0. The third-order valence-electron chi connectivity index (χ3n) is 3.51. The van der Waals surface area contributed by atoms with Crippen molar-refractivity contribution in [1.29, 1.82) is 0 Å². The number of fused-ring (bicyclic) bond motifs is 1. The molecule has 19 heavy (non-hydrogen) atoms. The van der Waals surface area contributed by atoms with Crippen LogP contribution < -0.4 is 0 Å². The molecule has 0 bridgehead atoms. The second-order valence-corrected chi connectivity index (χ2v) is 5.73. The van der Waals surface area contributed by atoms with Crippen LogP contribution in [0.25, 0.3) is 10.9 Å². The van der Waals surface area contributed by atoms with Crippen LogP contribution >= 0.6 is 15.9 Å². The average Bonchev–Trinajstić information content (AvgIpc) is 2.83. The largest absolute Gasteiger partial charge is 0.343 e. The van der Waals surface area contributed by atoms with Crippen LogP contribution in [0.4, 0.5) is 0 Å². The van der Waals surface area contributed by atoms with Gasteiger partial charge in [-0.25, -0.2) is 0 Å². The molecular weight excluding hydrogens is 298 g/mol. The first-order valence-electron chi connectivity index (χ1n) is 6.58. The van der Waals surface area contributed by atoms with Crippen molar-refractivity contribution in [1.82, 2.24) is 4.57 Å². The monoisotopic (exact) mass is 313 g/mol. The minimum atomic E-state index is 0.919. The zero-order chi connectivity index (χ0) is 13.2. The predicted octanol–water partition coefficient (Wildman–Crippen LogP) is 5.01. The maximum atomic E-state index is 3.47. The molecule has 3 rings (SSSR count). The van der Waals surface area contributed by atoms with Crippen LogP contribution in [0.2, 0.25) is 0 Å². The predicted molar refractivity (Wildman–Crippen MR) is 84.6 cm³/mol. The molecule has 1 nitrogen and oxygen atoms in total. The number of hydrogen-bond donors (Lipinski definition) is 0. The molecule has 3 aromatic rings. The summed E-state index contributed by atoms with van der Waals surface area (Å²) in [6, 6.07) is 17.5. The lowest BCUT2D eigenvalue weighted by atomic mass is 10.1. The van der Waals surface area contributed by atoms with Crippen LogP contribution in [0.3, 0.4) is 0 Å². The van der Waals surface area contributed by atoms with Crippen molar-refractivity contribution in [3.63, 3.8) is 0 Å². The molecule has 0 amide bonds. The summed E-state index contributed by atoms with van der Waals surface area (Å²) in [6.45, 7) is 3.11. The molecule has 0 aliphatic rings. The van der Waals surface area contributed by atoms with Crippen LogP contribution in [0.15, 0.2) is 59.2 Å². The van der Waals surface area contributed by atoms with E-state index in [-0.39, 0.29) is 0 Å². The van der Waals surface area contributed by atoms with Gasteiger partial charge in [-0.1, -0.05) is 41.1 Å². The van der Waals surface area contributed by atoms with Gasteiger partial charge >= 0.3 is 0 Å². The van der Waals surface area contributed by atoms with Crippen LogP contribution in [0.1, 0.15) is 18.1 Å². The standard InChI is InChI=1S/C17H16BrN/c1-2-13-5-8-17-15(11-13)9-10-19(17)12-14-3-6-16(18)7-4-14/h3-11H,2,12H2,1H3. The molecule has 2 heteroatoms. The van der Waals surface area contributed by atoms with E-state index in [9.17, 15) is 0 Å². The van der Waals surface area contributed by atoms with Crippen LogP contribution in [-0.2, 0) is 13.0 Å². The molecule has 0 aliphatic carbocycles. The Hall–Kier alpha value is -1.54. The van der Waals surface area contributed by atoms with Crippen molar-refractivity contribution in [2.24, 2.45) is 0 Å². The molecule has 1 aromatic heterocycles. The van der Waals surface area contributed by atoms with Crippen molar-refractivity contribution in [2.75, 3.05) is 0 Å². The fraction of sp³-hybridized carbons (Fsp3) is 0.176. The number of hydrogen-bond acceptors (Lipinski definition) is 0. The molecule has 2 aromatic carbocycles. The Morgan fingerprint density at radius 2 is 1.68 bits per heavy atom. The lowest BCUT2D eigenvalue weighted by Crippen LogP contribution is -1.97. The van der Waals surface area contributed by atoms with Gasteiger partial charge < -0.3 is 4.57 Å². The first kappa shape index (κ1) is 12.5. The van der Waals surface area contributed by atoms with Gasteiger partial charge in [0, 0.05) is 22.7 Å². The van der Waals surface area contributed by atoms with Gasteiger partial charge in [-0.05, 0) is 53.3 Å². The molecule has 0 saturated heterocycles. The van der Waals surface area contributed by atoms with Gasteiger partial charge in [-0.2, -0.15) is 0 Å². The van der Waals surface area contributed by atoms with E-state index >= 15 is 0 Å². The molecule has 0 spiro atoms. The van der Waals surface area contributed by atoms with E-state index in [1.165, 1.54) is 22.0 Å². The van der Waals surface area contributed by atoms with E-state index in [1.54, 1.807) is 0 Å². The zero-order valence-corrected chi connectivity index (χ0v) is 12.5. The third-order valence-corrected chi connectivity index (χ3v) is 4.04. The SMILES string of the molecule is CCc1ccc2c(ccn2Cc2ccc(Br)cc2)c1. The summed E-state index contributed by atoms with van der Waals surface area (Å²) in [7, 11) is 0. The maximum Gasteiger partial charge on any atom is 0.0483 e. The van der Waals surface area contributed by atoms with Gasteiger partial charge in [-0.15, -0.1) is 0 Å². The highest BCUT2D eigenvalue weighted by Crippen LogP contribution is 2.20. The van der Waals surface area contributed by atoms with Crippen molar-refractivity contribution >= 4 is 26.8 Å². The van der Waals surface area contributed by atoms with Crippen molar-refractivity contribution in [2.45, 2.75) is 19.9 Å². The fourth-order valence-electron chi connectivity index (χ4n) is 2.39. The molecule has 1 heterocycles. The Bertz CT molecular complexity index is 695. The summed E-state index contributed by atoms with van der Waals surface area (Å²) in [5.41, 5.74) is 4.02. The van der Waals surface area contributed by atoms with E-state index in [1.807, 2.05) is 0 Å². The van der Waals surface area contributed by atoms with Gasteiger partial charge in [0.05, 0.1) is 0 Å². The van der Waals surface area contributed by atoms with Crippen molar-refractivity contribution < 1.29 is 0 Å². The molecule has 0 N–H and O–H groups in total. The first-order chi connectivity index (χ1) is 9.26. The number of benzene rings is 2. The quantitative estimate of drug-likeness (QED) is 0.640. The Morgan fingerprint density at radius 3 is 2.42 bits per heavy atom. The summed E-state index contributed by atoms with van der Waals surface area (Å²) in [5, 5.41) is 1.33. The molecule has 0 aliphatic heterocycles. The van der Waals surface area contributed by atoms with E-state index in [4.69, 9.17) is 0 Å². The minimum Gasteiger partial charge on any atom is -0.343 e. The number of aryl methyl sites for hydroxylation is 1. The summed E-state index contributed by atoms with van der Waals surface area (Å²) in [4.78, 5) is 0. The smallest absolute Gasteiger partial charge is 0.0483 e. The lowest BCUT2D eigenvalue weighted by molar-refractivity contribution is 0.836. The number of aromatic nitrogens is 1. The molecule has 0 unspecified atom stereocenters. The average molecular weight is 314 g/mol. The highest BCUT2D eigenvalue weighted by atomic mass is 79.9. The van der Waals surface area contributed by atoms with Gasteiger partial charge in [0.15, 0.2) is 0 Å². The molecular formula is C17H16BrN. The van der Waals surface area contributed by atoms with E-state index in [0.29, 0.717) is 0 Å². The molecule has 0 atom stereocenters. The van der Waals surface area contributed by atoms with Gasteiger partial charge in [0.25, 0.3) is 0 Å². The van der Waals surface area contributed by atoms with Crippen LogP contribution in [0.5, 0.6) is 0 Å². The second-order valence-electron chi connectivity index (χ2n) is 4.82. The molecule has 0 fully saturated rings. The number of nitrogens with zero attached hydrogens (tertiary/aromatic N) is 1. The normalized spacial score (nSPS) is 11.1. The highest BCUT2D eigenvalue weighted by molar-refractivity contribution is 9.10. The van der Waals surface area contributed by atoms with Gasteiger partial charge in [0.1, 0.15) is 0 Å². The maximum absolute atomic E-state index is 3.47. The molecule has 0 saturated carbocycles. The highest BCUT2D eigenvalue weighted by Gasteiger charge is 2.02. The van der Waals surface area contributed by atoms with Crippen molar-refractivity contribution in [3.8, 4) is 0 Å². The van der Waals surface area contributed by atoms with Crippen LogP contribution in [-0.4, -0.2) is 4.57 Å². The Morgan fingerprint density at radius 1 is 0.947 bits per heavy atom. The summed E-state index contributed by atoms with van der Waals surface area (Å²) >= 11 is 3.47. The van der Waals surface area contributed by atoms with E-state index in [2.05, 4.69) is 82.1 Å². The van der Waals surface area contributed by atoms with Crippen molar-refractivity contribution in [3.05, 3.63) is 70.3 Å². The van der Waals surface area contributed by atoms with E-state index < -0.39 is 0 Å². The Balaban J connectivity index is 1.95. The summed E-state index contributed by atoms with van der Waals surface area (Å²) in [6.07, 6.45) is 3.26. The zero-order valence-electron chi connectivity index (χ0n) is 10.9. The van der Waals surface area contributed by atoms with Gasteiger partial charge in [-0.3, -0.25) is 0 Å². The Kier molecular flexibility index (Phi) is 3.43. The van der Waals surface area contributed by atoms with Crippen LogP contribution in [0, 0.1) is 0 Å². The third kappa shape index (κ3) is 2.59. The summed E-state index contributed by atoms with van der Waals surface area (Å²) < 4.78 is 3.43. The number of halogens is 1. The van der Waals surface area contributed by atoms with E-state index in [0.717, 1.165) is 17.4 Å². The second kappa shape index (κ2) is 5.22. The lowest BCUT2D eigenvalue weighted by Gasteiger charge is -2.06.